The summed E-state index contributed by atoms with van der Waals surface area (Å²) in [6, 6.07) is 27.1. The molecule has 3 saturated carbocycles. The van der Waals surface area contributed by atoms with E-state index >= 15 is 0 Å². The fourth-order valence-corrected chi connectivity index (χ4v) is 12.0. The van der Waals surface area contributed by atoms with Crippen LogP contribution in [0.1, 0.15) is 74.9 Å². The van der Waals surface area contributed by atoms with Crippen LogP contribution in [0.25, 0.3) is 10.8 Å². The Morgan fingerprint density at radius 3 is 2.38 bits per heavy atom. The van der Waals surface area contributed by atoms with E-state index in [-0.39, 0.29) is 35.6 Å². The van der Waals surface area contributed by atoms with Gasteiger partial charge in [0.1, 0.15) is 0 Å². The third-order valence-electron chi connectivity index (χ3n) is 14.7. The molecule has 10 rings (SSSR count). The number of carbonyl (C=O) groups excluding carboxylic acids is 2. The molecule has 6 aliphatic rings. The minimum atomic E-state index is -1.21. The van der Waals surface area contributed by atoms with E-state index in [1.165, 1.54) is 0 Å². The summed E-state index contributed by atoms with van der Waals surface area (Å²) in [5.74, 6) is 0.364. The zero-order valence-electron chi connectivity index (χ0n) is 30.1. The van der Waals surface area contributed by atoms with Crippen molar-refractivity contribution in [2.45, 2.75) is 77.0 Å². The average molecular weight is 697 g/mol. The van der Waals surface area contributed by atoms with E-state index in [4.69, 9.17) is 4.42 Å². The van der Waals surface area contributed by atoms with Crippen LogP contribution in [-0.4, -0.2) is 45.2 Å². The molecule has 7 heteroatoms. The number of hydrogen-bond acceptors (Lipinski definition) is 5. The number of para-hydroxylation sites is 1. The number of aliphatic hydroxyl groups excluding tert-OH is 1. The van der Waals surface area contributed by atoms with Crippen molar-refractivity contribution in [3.63, 3.8) is 0 Å². The van der Waals surface area contributed by atoms with Crippen molar-refractivity contribution in [1.82, 2.24) is 4.90 Å². The van der Waals surface area contributed by atoms with Crippen molar-refractivity contribution in [3.05, 3.63) is 126 Å². The summed E-state index contributed by atoms with van der Waals surface area (Å²) < 4.78 is 5.74. The number of urea groups is 1. The summed E-state index contributed by atoms with van der Waals surface area (Å²) >= 11 is 0. The van der Waals surface area contributed by atoms with Gasteiger partial charge in [0, 0.05) is 34.1 Å². The molecule has 2 amide bonds. The lowest BCUT2D eigenvalue weighted by molar-refractivity contribution is -0.174. The number of fused-ring (bicyclic) bond motifs is 2. The van der Waals surface area contributed by atoms with E-state index in [1.807, 2.05) is 48.5 Å². The van der Waals surface area contributed by atoms with Gasteiger partial charge in [-0.1, -0.05) is 92.7 Å². The average Bonchev–Trinajstić information content (AvgIpc) is 3.78. The number of nitrogens with zero attached hydrogens (tertiary/aromatic N) is 1. The van der Waals surface area contributed by atoms with E-state index in [0.29, 0.717) is 30.8 Å². The van der Waals surface area contributed by atoms with Crippen LogP contribution < -0.4 is 5.32 Å². The van der Waals surface area contributed by atoms with Gasteiger partial charge in [-0.2, -0.15) is 0 Å². The summed E-state index contributed by atoms with van der Waals surface area (Å²) in [5, 5.41) is 29.5. The normalized spacial score (nSPS) is 35.7. The molecule has 0 aliphatic heterocycles. The fourth-order valence-electron chi connectivity index (χ4n) is 12.0. The molecular weight excluding hydrogens is 649 g/mol. The van der Waals surface area contributed by atoms with Crippen LogP contribution in [0.4, 0.5) is 10.5 Å². The highest BCUT2D eigenvalue weighted by molar-refractivity contribution is 6.08. The lowest BCUT2D eigenvalue weighted by Crippen LogP contribution is -2.67. The monoisotopic (exact) mass is 696 g/mol. The zero-order valence-corrected chi connectivity index (χ0v) is 30.1. The third kappa shape index (κ3) is 4.64. The van der Waals surface area contributed by atoms with Crippen LogP contribution in [0.5, 0.6) is 0 Å². The van der Waals surface area contributed by atoms with Crippen molar-refractivity contribution in [3.8, 4) is 0 Å². The minimum absolute atomic E-state index is 0.0382. The van der Waals surface area contributed by atoms with Gasteiger partial charge in [-0.05, 0) is 103 Å². The Morgan fingerprint density at radius 2 is 1.58 bits per heavy atom. The largest absolute Gasteiger partial charge is 0.461 e. The lowest BCUT2D eigenvalue weighted by Gasteiger charge is -2.71. The predicted molar refractivity (Wildman–Crippen MR) is 201 cm³/mol. The summed E-state index contributed by atoms with van der Waals surface area (Å²) in [4.78, 5) is 30.7. The van der Waals surface area contributed by atoms with Crippen molar-refractivity contribution in [1.29, 1.82) is 0 Å². The van der Waals surface area contributed by atoms with Gasteiger partial charge in [0.2, 0.25) is 5.78 Å². The number of allylic oxidation sites excluding steroid dienone is 4. The number of ketones is 1. The molecule has 52 heavy (non-hydrogen) atoms. The molecule has 0 radical (unpaired) electrons. The Kier molecular flexibility index (Phi) is 7.56. The number of amides is 2. The second-order valence-electron chi connectivity index (χ2n) is 16.9. The quantitative estimate of drug-likeness (QED) is 0.132. The molecule has 1 aromatic heterocycles. The molecule has 2 spiro atoms. The number of Topliss-reactive ketones (excluding diaryl/α,β-unsaturated/α-hetero) is 1. The van der Waals surface area contributed by atoms with Gasteiger partial charge in [0.25, 0.3) is 0 Å². The first-order chi connectivity index (χ1) is 25.0. The molecule has 2 bridgehead atoms. The van der Waals surface area contributed by atoms with Crippen LogP contribution in [0.3, 0.4) is 0 Å². The lowest BCUT2D eigenvalue weighted by atomic mass is 9.32. The highest BCUT2D eigenvalue weighted by atomic mass is 16.3. The second-order valence-corrected chi connectivity index (χ2v) is 16.9. The Balaban J connectivity index is 1.12. The molecule has 7 nitrogen and oxygen atoms in total. The van der Waals surface area contributed by atoms with E-state index in [1.54, 1.807) is 23.3 Å². The van der Waals surface area contributed by atoms with Crippen LogP contribution in [0, 0.1) is 33.5 Å². The van der Waals surface area contributed by atoms with Gasteiger partial charge in [-0.15, -0.1) is 0 Å². The van der Waals surface area contributed by atoms with Gasteiger partial charge < -0.3 is 24.8 Å². The van der Waals surface area contributed by atoms with E-state index < -0.39 is 27.9 Å². The maximum absolute atomic E-state index is 14.6. The maximum Gasteiger partial charge on any atom is 0.322 e. The molecule has 3 aromatic carbocycles. The highest BCUT2D eigenvalue weighted by Gasteiger charge is 2.74. The number of furan rings is 1. The van der Waals surface area contributed by atoms with Crippen molar-refractivity contribution < 1.29 is 24.2 Å². The summed E-state index contributed by atoms with van der Waals surface area (Å²) in [6.07, 6.45) is 13.1. The molecule has 0 saturated heterocycles. The van der Waals surface area contributed by atoms with E-state index in [2.05, 4.69) is 61.7 Å². The van der Waals surface area contributed by atoms with Gasteiger partial charge in [-0.25, -0.2) is 4.79 Å². The van der Waals surface area contributed by atoms with Crippen LogP contribution in [-0.2, 0) is 6.54 Å². The van der Waals surface area contributed by atoms with E-state index in [0.717, 1.165) is 54.0 Å². The molecule has 8 atom stereocenters. The SMILES string of the molecule is CC12CCC(O)CC13C=CC1(C(C(=O)c4ccco4)=C3)C2CCC2(C)C1CCC2(O)CN(Cc1cccc2ccccc12)C(=O)Nc1ccccc1. The van der Waals surface area contributed by atoms with Crippen LogP contribution in [0.2, 0.25) is 0 Å². The Labute approximate surface area is 305 Å². The molecule has 3 fully saturated rings. The number of benzene rings is 3. The number of nitrogens with one attached hydrogen (secondary N) is 1. The highest BCUT2D eigenvalue weighted by Crippen LogP contribution is 2.78. The minimum Gasteiger partial charge on any atom is -0.461 e. The van der Waals surface area contributed by atoms with Crippen molar-refractivity contribution in [2.24, 2.45) is 33.5 Å². The molecule has 1 heterocycles. The van der Waals surface area contributed by atoms with E-state index in [9.17, 15) is 19.8 Å². The Bertz CT molecular complexity index is 2100. The van der Waals surface area contributed by atoms with Gasteiger partial charge >= 0.3 is 6.03 Å². The summed E-state index contributed by atoms with van der Waals surface area (Å²) in [5.41, 5.74) is -0.474. The second kappa shape index (κ2) is 11.8. The van der Waals surface area contributed by atoms with Crippen LogP contribution >= 0.6 is 0 Å². The smallest absolute Gasteiger partial charge is 0.322 e. The molecule has 4 aromatic rings. The standard InChI is InChI=1S/C45H48N2O5/c1-41-20-17-33(48)26-43(41)23-24-45(35(27-43)39(49)36-16-9-25-52-36)37(41)18-21-42(2)38(45)19-22-44(42,51)29-47(40(50)46-32-13-4-3-5-14-32)28-31-12-8-11-30-10-6-7-15-34(30)31/h3-16,23-25,27,33,37-38,48,51H,17-22,26,28-29H2,1-2H3,(H,46,50). The van der Waals surface area contributed by atoms with Crippen LogP contribution in [0.15, 0.2) is 119 Å². The molecular formula is C45H48N2O5. The summed E-state index contributed by atoms with van der Waals surface area (Å²) in [7, 11) is 0. The van der Waals surface area contributed by atoms with Crippen molar-refractivity contribution in [2.75, 3.05) is 11.9 Å². The number of rotatable bonds is 7. The predicted octanol–water partition coefficient (Wildman–Crippen LogP) is 8.94. The van der Waals surface area contributed by atoms with Gasteiger partial charge in [0.05, 0.1) is 24.5 Å². The number of hydrogen-bond donors (Lipinski definition) is 3. The zero-order chi connectivity index (χ0) is 35.9. The third-order valence-corrected chi connectivity index (χ3v) is 14.7. The summed E-state index contributed by atoms with van der Waals surface area (Å²) in [6.45, 7) is 5.09. The first-order valence-electron chi connectivity index (χ1n) is 19.0. The topological polar surface area (TPSA) is 103 Å². The number of carbonyl (C=O) groups is 2. The van der Waals surface area contributed by atoms with Gasteiger partial charge in [-0.3, -0.25) is 4.79 Å². The number of anilines is 1. The molecule has 8 unspecified atom stereocenters. The van der Waals surface area contributed by atoms with Crippen molar-refractivity contribution >= 4 is 28.3 Å². The molecule has 268 valence electrons. The Morgan fingerprint density at radius 1 is 0.846 bits per heavy atom. The first-order valence-corrected chi connectivity index (χ1v) is 19.0. The molecule has 6 aliphatic carbocycles. The first kappa shape index (κ1) is 33.4. The fraction of sp³-hybridized carbons (Fsp3) is 0.422. The van der Waals surface area contributed by atoms with Gasteiger partial charge in [0.15, 0.2) is 5.76 Å². The maximum atomic E-state index is 14.6. The number of aliphatic hydroxyl groups is 2. The molecule has 3 N–H and O–H groups in total. The Hall–Kier alpha value is -4.46.